The molecular weight excluding hydrogens is 198 g/mol. The molecule has 1 aromatic rings. The zero-order valence-corrected chi connectivity index (χ0v) is 9.83. The predicted molar refractivity (Wildman–Crippen MR) is 65.7 cm³/mol. The highest BCUT2D eigenvalue weighted by Gasteiger charge is 2.26. The molecule has 1 aliphatic carbocycles. The first-order chi connectivity index (χ1) is 7.81. The van der Waals surface area contributed by atoms with Crippen LogP contribution in [0.3, 0.4) is 0 Å². The molecule has 0 aromatic heterocycles. The second kappa shape index (κ2) is 5.26. The Balaban J connectivity index is 1.78. The first kappa shape index (κ1) is 11.3. The van der Waals surface area contributed by atoms with Crippen molar-refractivity contribution in [2.75, 3.05) is 13.6 Å². The third kappa shape index (κ3) is 2.50. The zero-order chi connectivity index (χ0) is 11.4. The Morgan fingerprint density at radius 2 is 2.25 bits per heavy atom. The molecular formula is C14H19NO. The Hall–Kier alpha value is -1.15. The average molecular weight is 217 g/mol. The third-order valence-corrected chi connectivity index (χ3v) is 3.32. The molecule has 0 fully saturated rings. The summed E-state index contributed by atoms with van der Waals surface area (Å²) < 4.78 is 0. The van der Waals surface area contributed by atoms with Crippen LogP contribution < -0.4 is 5.32 Å². The van der Waals surface area contributed by atoms with Gasteiger partial charge in [-0.25, -0.2) is 0 Å². The van der Waals surface area contributed by atoms with Gasteiger partial charge in [-0.1, -0.05) is 24.3 Å². The lowest BCUT2D eigenvalue weighted by molar-refractivity contribution is -0.119. The summed E-state index contributed by atoms with van der Waals surface area (Å²) in [6.45, 7) is 0.937. The van der Waals surface area contributed by atoms with Crippen LogP contribution in [-0.4, -0.2) is 19.4 Å². The second-order valence-corrected chi connectivity index (χ2v) is 4.55. The fourth-order valence-corrected chi connectivity index (χ4v) is 2.38. The molecule has 2 heteroatoms. The Morgan fingerprint density at radius 3 is 3.00 bits per heavy atom. The fraction of sp³-hybridized carbons (Fsp3) is 0.500. The molecule has 0 radical (unpaired) electrons. The third-order valence-electron chi connectivity index (χ3n) is 3.32. The van der Waals surface area contributed by atoms with Crippen molar-refractivity contribution in [3.05, 3.63) is 35.4 Å². The lowest BCUT2D eigenvalue weighted by Gasteiger charge is -2.29. The highest BCUT2D eigenvalue weighted by Crippen LogP contribution is 2.37. The number of Topliss-reactive ketones (excluding diaryl/α,β-unsaturated/α-hetero) is 1. The van der Waals surface area contributed by atoms with Gasteiger partial charge < -0.3 is 5.32 Å². The predicted octanol–water partition coefficient (Wildman–Crippen LogP) is 2.29. The molecule has 0 aliphatic heterocycles. The fourth-order valence-electron chi connectivity index (χ4n) is 2.38. The van der Waals surface area contributed by atoms with E-state index < -0.39 is 0 Å². The van der Waals surface area contributed by atoms with E-state index in [0.717, 1.165) is 32.2 Å². The van der Waals surface area contributed by atoms with E-state index in [2.05, 4.69) is 29.6 Å². The molecule has 1 unspecified atom stereocenters. The Kier molecular flexibility index (Phi) is 3.73. The van der Waals surface area contributed by atoms with Gasteiger partial charge in [0.2, 0.25) is 0 Å². The molecule has 0 saturated carbocycles. The molecule has 1 aliphatic rings. The number of carbonyl (C=O) groups is 1. The van der Waals surface area contributed by atoms with Gasteiger partial charge in [-0.3, -0.25) is 4.79 Å². The number of carbonyl (C=O) groups excluding carboxylic acids is 1. The molecule has 1 aromatic carbocycles. The van der Waals surface area contributed by atoms with E-state index in [0.29, 0.717) is 11.7 Å². The second-order valence-electron chi connectivity index (χ2n) is 4.55. The maximum atomic E-state index is 11.7. The number of benzene rings is 1. The number of rotatable bonds is 6. The van der Waals surface area contributed by atoms with Crippen molar-refractivity contribution in [1.29, 1.82) is 0 Å². The summed E-state index contributed by atoms with van der Waals surface area (Å²) in [5, 5.41) is 3.07. The van der Waals surface area contributed by atoms with Gasteiger partial charge in [0, 0.05) is 12.8 Å². The number of ketones is 1. The van der Waals surface area contributed by atoms with Crippen molar-refractivity contribution in [3.63, 3.8) is 0 Å². The summed E-state index contributed by atoms with van der Waals surface area (Å²) in [4.78, 5) is 11.7. The van der Waals surface area contributed by atoms with Gasteiger partial charge in [0.15, 0.2) is 0 Å². The van der Waals surface area contributed by atoms with E-state index in [1.807, 2.05) is 7.05 Å². The van der Waals surface area contributed by atoms with E-state index >= 15 is 0 Å². The normalized spacial score (nSPS) is 17.7. The van der Waals surface area contributed by atoms with Gasteiger partial charge in [0.1, 0.15) is 5.78 Å². The van der Waals surface area contributed by atoms with E-state index in [1.54, 1.807) is 0 Å². The number of fused-ring (bicyclic) bond motifs is 1. The first-order valence-corrected chi connectivity index (χ1v) is 6.05. The van der Waals surface area contributed by atoms with Crippen LogP contribution in [0.15, 0.2) is 24.3 Å². The summed E-state index contributed by atoms with van der Waals surface area (Å²) in [6.07, 6.45) is 3.51. The molecule has 2 rings (SSSR count). The summed E-state index contributed by atoms with van der Waals surface area (Å²) in [7, 11) is 1.92. The van der Waals surface area contributed by atoms with Crippen molar-refractivity contribution in [2.24, 2.45) is 0 Å². The molecule has 0 saturated heterocycles. The van der Waals surface area contributed by atoms with Gasteiger partial charge in [-0.15, -0.1) is 0 Å². The number of hydrogen-bond acceptors (Lipinski definition) is 2. The smallest absolute Gasteiger partial charge is 0.133 e. The molecule has 2 nitrogen and oxygen atoms in total. The minimum atomic E-state index is 0.412. The molecule has 86 valence electrons. The highest BCUT2D eigenvalue weighted by molar-refractivity contribution is 5.79. The maximum Gasteiger partial charge on any atom is 0.133 e. The largest absolute Gasteiger partial charge is 0.320 e. The van der Waals surface area contributed by atoms with E-state index in [4.69, 9.17) is 0 Å². The van der Waals surface area contributed by atoms with Crippen molar-refractivity contribution in [3.8, 4) is 0 Å². The molecule has 0 bridgehead atoms. The summed E-state index contributed by atoms with van der Waals surface area (Å²) in [5.41, 5.74) is 2.82. The molecule has 0 amide bonds. The van der Waals surface area contributed by atoms with Gasteiger partial charge in [0.25, 0.3) is 0 Å². The number of nitrogens with one attached hydrogen (secondary N) is 1. The first-order valence-electron chi connectivity index (χ1n) is 6.05. The van der Waals surface area contributed by atoms with Crippen LogP contribution in [0, 0.1) is 0 Å². The standard InChI is InChI=1S/C14H19NO/c1-15-8-4-6-13(16)10-12-9-11-5-2-3-7-14(11)12/h2-3,5,7,12,15H,4,6,8-10H2,1H3. The van der Waals surface area contributed by atoms with E-state index in [-0.39, 0.29) is 0 Å². The van der Waals surface area contributed by atoms with Crippen LogP contribution in [0.1, 0.15) is 36.3 Å². The van der Waals surface area contributed by atoms with Gasteiger partial charge in [0.05, 0.1) is 0 Å². The number of hydrogen-bond donors (Lipinski definition) is 1. The van der Waals surface area contributed by atoms with E-state index in [9.17, 15) is 4.79 Å². The summed E-state index contributed by atoms with van der Waals surface area (Å²) in [6, 6.07) is 8.46. The summed E-state index contributed by atoms with van der Waals surface area (Å²) in [5.74, 6) is 0.910. The van der Waals surface area contributed by atoms with Crippen molar-refractivity contribution >= 4 is 5.78 Å². The van der Waals surface area contributed by atoms with Crippen LogP contribution in [0.2, 0.25) is 0 Å². The van der Waals surface area contributed by atoms with Crippen molar-refractivity contribution in [2.45, 2.75) is 31.6 Å². The van der Waals surface area contributed by atoms with Gasteiger partial charge in [-0.05, 0) is 43.5 Å². The topological polar surface area (TPSA) is 29.1 Å². The molecule has 0 spiro atoms. The quantitative estimate of drug-likeness (QED) is 0.741. The van der Waals surface area contributed by atoms with E-state index in [1.165, 1.54) is 11.1 Å². The molecule has 1 atom stereocenters. The van der Waals surface area contributed by atoms with Gasteiger partial charge >= 0.3 is 0 Å². The SMILES string of the molecule is CNCCCC(=O)CC1Cc2ccccc21. The Labute approximate surface area is 97.1 Å². The lowest BCUT2D eigenvalue weighted by atomic mass is 9.75. The monoisotopic (exact) mass is 217 g/mol. The van der Waals surface area contributed by atoms with Crippen LogP contribution >= 0.6 is 0 Å². The van der Waals surface area contributed by atoms with Crippen molar-refractivity contribution < 1.29 is 4.79 Å². The zero-order valence-electron chi connectivity index (χ0n) is 9.83. The van der Waals surface area contributed by atoms with Crippen LogP contribution in [-0.2, 0) is 11.2 Å². The summed E-state index contributed by atoms with van der Waals surface area (Å²) >= 11 is 0. The Morgan fingerprint density at radius 1 is 1.44 bits per heavy atom. The van der Waals surface area contributed by atoms with Crippen LogP contribution in [0.5, 0.6) is 0 Å². The Bertz CT molecular complexity index is 373. The minimum Gasteiger partial charge on any atom is -0.320 e. The maximum absolute atomic E-state index is 11.7. The molecule has 1 N–H and O–H groups in total. The highest BCUT2D eigenvalue weighted by atomic mass is 16.1. The van der Waals surface area contributed by atoms with Crippen molar-refractivity contribution in [1.82, 2.24) is 5.32 Å². The van der Waals surface area contributed by atoms with Gasteiger partial charge in [-0.2, -0.15) is 0 Å². The minimum absolute atomic E-state index is 0.412. The van der Waals surface area contributed by atoms with Crippen LogP contribution in [0.25, 0.3) is 0 Å². The molecule has 0 heterocycles. The average Bonchev–Trinajstić information content (AvgIpc) is 2.26. The van der Waals surface area contributed by atoms with Crippen LogP contribution in [0.4, 0.5) is 0 Å². The molecule has 16 heavy (non-hydrogen) atoms. The lowest BCUT2D eigenvalue weighted by Crippen LogP contribution is -2.20.